The fourth-order valence-corrected chi connectivity index (χ4v) is 2.85. The summed E-state index contributed by atoms with van der Waals surface area (Å²) in [4.78, 5) is 12.1. The van der Waals surface area contributed by atoms with Crippen molar-refractivity contribution in [1.29, 1.82) is 0 Å². The van der Waals surface area contributed by atoms with E-state index >= 15 is 0 Å². The van der Waals surface area contributed by atoms with E-state index in [2.05, 4.69) is 0 Å². The molecule has 1 aliphatic carbocycles. The van der Waals surface area contributed by atoms with Crippen molar-refractivity contribution in [2.75, 3.05) is 5.73 Å². The van der Waals surface area contributed by atoms with Gasteiger partial charge in [0.15, 0.2) is 0 Å². The smallest absolute Gasteiger partial charge is 0.372 e. The van der Waals surface area contributed by atoms with Gasteiger partial charge < -0.3 is 10.5 Å². The highest BCUT2D eigenvalue weighted by atomic mass is 35.5. The minimum Gasteiger partial charge on any atom is -0.454 e. The second kappa shape index (κ2) is 5.80. The van der Waals surface area contributed by atoms with E-state index in [1.54, 1.807) is 0 Å². The normalized spacial score (nSPS) is 15.9. The van der Waals surface area contributed by atoms with Crippen molar-refractivity contribution in [2.24, 2.45) is 0 Å². The molecule has 0 heterocycles. The molecule has 2 N–H and O–H groups in total. The number of nitrogen functional groups attached to an aromatic ring is 1. The van der Waals surface area contributed by atoms with Crippen molar-refractivity contribution >= 4 is 34.4 Å². The minimum atomic E-state index is -0.589. The first-order valence-corrected chi connectivity index (χ1v) is 6.88. The SMILES string of the molecule is Nc1cc(SC(=O)OC2CCCC2)c(Cl)cc1F. The van der Waals surface area contributed by atoms with Crippen LogP contribution < -0.4 is 5.73 Å². The summed E-state index contributed by atoms with van der Waals surface area (Å²) in [6.45, 7) is 0. The molecule has 0 atom stereocenters. The molecule has 0 aliphatic heterocycles. The molecule has 0 spiro atoms. The van der Waals surface area contributed by atoms with Gasteiger partial charge in [-0.25, -0.2) is 9.18 Å². The summed E-state index contributed by atoms with van der Waals surface area (Å²) in [6.07, 6.45) is 4.00. The number of thioether (sulfide) groups is 1. The molecule has 1 aromatic carbocycles. The Bertz CT molecular complexity index is 464. The van der Waals surface area contributed by atoms with E-state index < -0.39 is 11.1 Å². The van der Waals surface area contributed by atoms with Gasteiger partial charge in [0.25, 0.3) is 0 Å². The van der Waals surface area contributed by atoms with E-state index in [9.17, 15) is 9.18 Å². The maximum absolute atomic E-state index is 13.1. The molecule has 1 fully saturated rings. The average molecular weight is 290 g/mol. The molecular weight excluding hydrogens is 277 g/mol. The average Bonchev–Trinajstić information content (AvgIpc) is 2.78. The number of benzene rings is 1. The Labute approximate surface area is 114 Å². The monoisotopic (exact) mass is 289 g/mol. The Hall–Kier alpha value is -0.940. The first-order valence-electron chi connectivity index (χ1n) is 5.69. The number of ether oxygens (including phenoxy) is 1. The number of rotatable bonds is 2. The fourth-order valence-electron chi connectivity index (χ4n) is 1.88. The third kappa shape index (κ3) is 3.29. The van der Waals surface area contributed by atoms with Gasteiger partial charge in [-0.05, 0) is 49.6 Å². The Balaban J connectivity index is 2.00. The van der Waals surface area contributed by atoms with Crippen LogP contribution in [0, 0.1) is 5.82 Å². The van der Waals surface area contributed by atoms with Crippen molar-refractivity contribution in [2.45, 2.75) is 36.7 Å². The summed E-state index contributed by atoms with van der Waals surface area (Å²) in [7, 11) is 0. The lowest BCUT2D eigenvalue weighted by Gasteiger charge is -2.11. The van der Waals surface area contributed by atoms with E-state index in [4.69, 9.17) is 22.1 Å². The Morgan fingerprint density at radius 3 is 2.78 bits per heavy atom. The lowest BCUT2D eigenvalue weighted by atomic mass is 10.3. The molecule has 18 heavy (non-hydrogen) atoms. The molecule has 0 unspecified atom stereocenters. The van der Waals surface area contributed by atoms with Crippen LogP contribution in [0.2, 0.25) is 5.02 Å². The summed E-state index contributed by atoms with van der Waals surface area (Å²) in [6, 6.07) is 2.44. The van der Waals surface area contributed by atoms with Crippen molar-refractivity contribution < 1.29 is 13.9 Å². The highest BCUT2D eigenvalue weighted by Crippen LogP contribution is 2.33. The lowest BCUT2D eigenvalue weighted by Crippen LogP contribution is -2.10. The molecule has 0 radical (unpaired) electrons. The van der Waals surface area contributed by atoms with Crippen LogP contribution in [-0.2, 0) is 4.74 Å². The van der Waals surface area contributed by atoms with Gasteiger partial charge in [0.2, 0.25) is 0 Å². The van der Waals surface area contributed by atoms with Gasteiger partial charge in [-0.1, -0.05) is 11.6 Å². The Morgan fingerprint density at radius 1 is 1.44 bits per heavy atom. The molecule has 0 bridgehead atoms. The zero-order valence-electron chi connectivity index (χ0n) is 9.62. The van der Waals surface area contributed by atoms with Crippen molar-refractivity contribution in [1.82, 2.24) is 0 Å². The minimum absolute atomic E-state index is 0.00145. The standard InChI is InChI=1S/C12H13ClFNO2S/c13-8-5-9(14)10(15)6-11(8)18-12(16)17-7-3-1-2-4-7/h5-7H,1-4,15H2. The third-order valence-electron chi connectivity index (χ3n) is 2.81. The first-order chi connectivity index (χ1) is 8.56. The first kappa shape index (κ1) is 13.5. The quantitative estimate of drug-likeness (QED) is 0.503. The van der Waals surface area contributed by atoms with E-state index in [1.165, 1.54) is 6.07 Å². The summed E-state index contributed by atoms with van der Waals surface area (Å²) < 4.78 is 18.4. The zero-order chi connectivity index (χ0) is 13.1. The van der Waals surface area contributed by atoms with E-state index in [1.807, 2.05) is 0 Å². The maximum Gasteiger partial charge on any atom is 0.372 e. The van der Waals surface area contributed by atoms with Crippen LogP contribution in [0.5, 0.6) is 0 Å². The number of hydrogen-bond acceptors (Lipinski definition) is 4. The molecule has 0 aromatic heterocycles. The molecule has 0 amide bonds. The molecule has 6 heteroatoms. The summed E-state index contributed by atoms with van der Waals surface area (Å²) >= 11 is 6.68. The zero-order valence-corrected chi connectivity index (χ0v) is 11.2. The predicted molar refractivity (Wildman–Crippen MR) is 70.4 cm³/mol. The number of carbonyl (C=O) groups excluding carboxylic acids is 1. The predicted octanol–water partition coefficient (Wildman–Crippen LogP) is 4.23. The van der Waals surface area contributed by atoms with Crippen molar-refractivity contribution in [3.05, 3.63) is 23.0 Å². The number of anilines is 1. The molecule has 98 valence electrons. The summed E-state index contributed by atoms with van der Waals surface area (Å²) in [5.74, 6) is -0.589. The topological polar surface area (TPSA) is 52.3 Å². The molecular formula is C12H13ClFNO2S. The van der Waals surface area contributed by atoms with E-state index in [-0.39, 0.29) is 16.8 Å². The highest BCUT2D eigenvalue weighted by Gasteiger charge is 2.20. The molecule has 2 rings (SSSR count). The molecule has 1 saturated carbocycles. The van der Waals surface area contributed by atoms with Gasteiger partial charge >= 0.3 is 5.30 Å². The molecule has 3 nitrogen and oxygen atoms in total. The summed E-state index contributed by atoms with van der Waals surface area (Å²) in [5, 5.41) is -0.259. The van der Waals surface area contributed by atoms with Crippen LogP contribution in [0.1, 0.15) is 25.7 Å². The van der Waals surface area contributed by atoms with Gasteiger partial charge in [-0.2, -0.15) is 0 Å². The van der Waals surface area contributed by atoms with Crippen molar-refractivity contribution in [3.8, 4) is 0 Å². The Kier molecular flexibility index (Phi) is 4.35. The van der Waals surface area contributed by atoms with Crippen LogP contribution >= 0.6 is 23.4 Å². The van der Waals surface area contributed by atoms with Gasteiger partial charge in [-0.15, -0.1) is 0 Å². The molecule has 1 aromatic rings. The van der Waals surface area contributed by atoms with Gasteiger partial charge in [0.1, 0.15) is 11.9 Å². The van der Waals surface area contributed by atoms with Crippen molar-refractivity contribution in [3.63, 3.8) is 0 Å². The largest absolute Gasteiger partial charge is 0.454 e. The summed E-state index contributed by atoms with van der Waals surface area (Å²) in [5.41, 5.74) is 5.40. The fraction of sp³-hybridized carbons (Fsp3) is 0.417. The lowest BCUT2D eigenvalue weighted by molar-refractivity contribution is 0.126. The second-order valence-electron chi connectivity index (χ2n) is 4.18. The maximum atomic E-state index is 13.1. The third-order valence-corrected chi connectivity index (χ3v) is 4.05. The number of carbonyl (C=O) groups is 1. The van der Waals surface area contributed by atoms with E-state index in [0.717, 1.165) is 43.5 Å². The van der Waals surface area contributed by atoms with Crippen LogP contribution in [0.15, 0.2) is 17.0 Å². The number of nitrogens with two attached hydrogens (primary N) is 1. The van der Waals surface area contributed by atoms with Crippen LogP contribution in [0.25, 0.3) is 0 Å². The molecule has 0 saturated heterocycles. The highest BCUT2D eigenvalue weighted by molar-refractivity contribution is 8.13. The van der Waals surface area contributed by atoms with Gasteiger partial charge in [-0.3, -0.25) is 0 Å². The Morgan fingerprint density at radius 2 is 2.11 bits per heavy atom. The van der Waals surface area contributed by atoms with Crippen LogP contribution in [-0.4, -0.2) is 11.4 Å². The molecule has 1 aliphatic rings. The second-order valence-corrected chi connectivity index (χ2v) is 5.57. The van der Waals surface area contributed by atoms with Crippen LogP contribution in [0.3, 0.4) is 0 Å². The van der Waals surface area contributed by atoms with Gasteiger partial charge in [0.05, 0.1) is 10.7 Å². The van der Waals surface area contributed by atoms with E-state index in [0.29, 0.717) is 4.90 Å². The van der Waals surface area contributed by atoms with Gasteiger partial charge in [0, 0.05) is 4.90 Å². The van der Waals surface area contributed by atoms with Crippen LogP contribution in [0.4, 0.5) is 14.9 Å². The number of hydrogen-bond donors (Lipinski definition) is 1. The number of halogens is 2.